The van der Waals surface area contributed by atoms with Crippen LogP contribution in [0.25, 0.3) is 0 Å². The van der Waals surface area contributed by atoms with Crippen LogP contribution in [-0.4, -0.2) is 42.1 Å². The minimum Gasteiger partial charge on any atom is -0.314 e. The summed E-state index contributed by atoms with van der Waals surface area (Å²) >= 11 is 0. The second-order valence-electron chi connectivity index (χ2n) is 6.03. The van der Waals surface area contributed by atoms with E-state index in [1.54, 1.807) is 0 Å². The van der Waals surface area contributed by atoms with E-state index in [1.165, 1.54) is 43.5 Å². The van der Waals surface area contributed by atoms with Gasteiger partial charge in [0.15, 0.2) is 0 Å². The Balaban J connectivity index is 2.08. The lowest BCUT2D eigenvalue weighted by atomic mass is 9.81. The van der Waals surface area contributed by atoms with Gasteiger partial charge in [-0.25, -0.2) is 0 Å². The Morgan fingerprint density at radius 2 is 2.14 bits per heavy atom. The van der Waals surface area contributed by atoms with Gasteiger partial charge in [0.25, 0.3) is 0 Å². The number of pyridine rings is 1. The lowest BCUT2D eigenvalue weighted by molar-refractivity contribution is 0.264. The van der Waals surface area contributed by atoms with Crippen LogP contribution in [0.5, 0.6) is 0 Å². The molecule has 0 aliphatic heterocycles. The van der Waals surface area contributed by atoms with E-state index in [4.69, 9.17) is 4.98 Å². The van der Waals surface area contributed by atoms with Crippen molar-refractivity contribution in [3.8, 4) is 0 Å². The zero-order chi connectivity index (χ0) is 15.1. The molecular formula is C18H31N3. The molecule has 0 saturated heterocycles. The first-order valence-electron chi connectivity index (χ1n) is 8.69. The first kappa shape index (κ1) is 16.4. The minimum absolute atomic E-state index is 0.560. The molecule has 0 saturated carbocycles. The van der Waals surface area contributed by atoms with Gasteiger partial charge in [0, 0.05) is 23.9 Å². The van der Waals surface area contributed by atoms with Crippen molar-refractivity contribution in [1.82, 2.24) is 15.2 Å². The highest BCUT2D eigenvalue weighted by Crippen LogP contribution is 2.33. The molecule has 1 aliphatic rings. The van der Waals surface area contributed by atoms with Crippen LogP contribution in [-0.2, 0) is 6.42 Å². The maximum Gasteiger partial charge on any atom is 0.0481 e. The second kappa shape index (κ2) is 8.50. The number of nitrogens with one attached hydrogen (secondary N) is 1. The number of hydrogen-bond acceptors (Lipinski definition) is 3. The molecule has 1 heterocycles. The fraction of sp³-hybridized carbons (Fsp3) is 0.722. The number of rotatable bonds is 8. The van der Waals surface area contributed by atoms with E-state index in [9.17, 15) is 0 Å². The van der Waals surface area contributed by atoms with Crippen LogP contribution in [0.1, 0.15) is 57.2 Å². The monoisotopic (exact) mass is 289 g/mol. The lowest BCUT2D eigenvalue weighted by Gasteiger charge is -2.33. The van der Waals surface area contributed by atoms with E-state index in [1.807, 2.05) is 6.20 Å². The maximum atomic E-state index is 4.72. The molecule has 2 rings (SSSR count). The molecule has 0 amide bonds. The molecule has 0 spiro atoms. The van der Waals surface area contributed by atoms with Crippen LogP contribution >= 0.6 is 0 Å². The molecule has 3 heteroatoms. The average Bonchev–Trinajstić information content (AvgIpc) is 2.54. The van der Waals surface area contributed by atoms with E-state index in [0.717, 1.165) is 19.6 Å². The highest BCUT2D eigenvalue weighted by molar-refractivity contribution is 5.27. The molecule has 2 unspecified atom stereocenters. The Labute approximate surface area is 130 Å². The summed E-state index contributed by atoms with van der Waals surface area (Å²) in [6.07, 6.45) is 6.96. The van der Waals surface area contributed by atoms with Gasteiger partial charge in [-0.1, -0.05) is 26.8 Å². The van der Waals surface area contributed by atoms with Gasteiger partial charge in [-0.2, -0.15) is 0 Å². The Bertz CT molecular complexity index is 415. The van der Waals surface area contributed by atoms with Crippen LogP contribution in [0.3, 0.4) is 0 Å². The van der Waals surface area contributed by atoms with Crippen LogP contribution in [0.15, 0.2) is 18.3 Å². The predicted octanol–water partition coefficient (Wildman–Crippen LogP) is 3.21. The molecule has 1 aromatic rings. The average molecular weight is 289 g/mol. The van der Waals surface area contributed by atoms with Crippen LogP contribution < -0.4 is 5.32 Å². The Morgan fingerprint density at radius 3 is 2.86 bits per heavy atom. The third-order valence-corrected chi connectivity index (χ3v) is 4.84. The van der Waals surface area contributed by atoms with Gasteiger partial charge in [-0.05, 0) is 63.5 Å². The molecule has 1 aliphatic carbocycles. The van der Waals surface area contributed by atoms with Crippen LogP contribution in [0, 0.1) is 0 Å². The molecular weight excluding hydrogens is 258 g/mol. The molecule has 3 nitrogen and oxygen atoms in total. The Kier molecular flexibility index (Phi) is 6.65. The van der Waals surface area contributed by atoms with Gasteiger partial charge in [0.2, 0.25) is 0 Å². The summed E-state index contributed by atoms with van der Waals surface area (Å²) in [5, 5.41) is 3.73. The Hall–Kier alpha value is -0.930. The van der Waals surface area contributed by atoms with Gasteiger partial charge in [-0.15, -0.1) is 0 Å². The van der Waals surface area contributed by atoms with E-state index in [0.29, 0.717) is 12.0 Å². The number of aromatic nitrogens is 1. The van der Waals surface area contributed by atoms with Crippen molar-refractivity contribution in [3.63, 3.8) is 0 Å². The maximum absolute atomic E-state index is 4.72. The lowest BCUT2D eigenvalue weighted by Crippen LogP contribution is -2.40. The van der Waals surface area contributed by atoms with Crippen molar-refractivity contribution in [2.24, 2.45) is 0 Å². The highest BCUT2D eigenvalue weighted by Gasteiger charge is 2.28. The third kappa shape index (κ3) is 4.27. The molecule has 2 atom stereocenters. The summed E-state index contributed by atoms with van der Waals surface area (Å²) in [7, 11) is 0. The molecule has 0 aromatic carbocycles. The van der Waals surface area contributed by atoms with E-state index >= 15 is 0 Å². The van der Waals surface area contributed by atoms with Gasteiger partial charge in [-0.3, -0.25) is 4.98 Å². The van der Waals surface area contributed by atoms with Gasteiger partial charge < -0.3 is 10.2 Å². The van der Waals surface area contributed by atoms with Crippen molar-refractivity contribution in [1.29, 1.82) is 0 Å². The van der Waals surface area contributed by atoms with Crippen molar-refractivity contribution in [2.45, 2.75) is 58.4 Å². The van der Waals surface area contributed by atoms with E-state index < -0.39 is 0 Å². The van der Waals surface area contributed by atoms with E-state index in [2.05, 4.69) is 43.1 Å². The van der Waals surface area contributed by atoms with Gasteiger partial charge in [0.05, 0.1) is 0 Å². The second-order valence-corrected chi connectivity index (χ2v) is 6.03. The number of fused-ring (bicyclic) bond motifs is 1. The first-order chi connectivity index (χ1) is 10.3. The molecule has 1 aromatic heterocycles. The SMILES string of the molecule is CCNC(CCN(CC)CC)C1CCCc2cccnc21. The fourth-order valence-corrected chi connectivity index (χ4v) is 3.61. The highest BCUT2D eigenvalue weighted by atomic mass is 15.1. The normalized spacial score (nSPS) is 19.5. The van der Waals surface area contributed by atoms with Gasteiger partial charge in [0.1, 0.15) is 0 Å². The van der Waals surface area contributed by atoms with Crippen molar-refractivity contribution in [3.05, 3.63) is 29.6 Å². The fourth-order valence-electron chi connectivity index (χ4n) is 3.61. The summed E-state index contributed by atoms with van der Waals surface area (Å²) < 4.78 is 0. The molecule has 0 fully saturated rings. The smallest absolute Gasteiger partial charge is 0.0481 e. The zero-order valence-corrected chi connectivity index (χ0v) is 13.9. The molecule has 118 valence electrons. The largest absolute Gasteiger partial charge is 0.314 e. The molecule has 0 radical (unpaired) electrons. The first-order valence-corrected chi connectivity index (χ1v) is 8.69. The summed E-state index contributed by atoms with van der Waals surface area (Å²) in [6, 6.07) is 4.91. The zero-order valence-electron chi connectivity index (χ0n) is 13.9. The Morgan fingerprint density at radius 1 is 1.33 bits per heavy atom. The summed E-state index contributed by atoms with van der Waals surface area (Å²) in [5.74, 6) is 0.588. The van der Waals surface area contributed by atoms with Crippen molar-refractivity contribution in [2.75, 3.05) is 26.2 Å². The predicted molar refractivity (Wildman–Crippen MR) is 89.8 cm³/mol. The van der Waals surface area contributed by atoms with Crippen molar-refractivity contribution < 1.29 is 0 Å². The third-order valence-electron chi connectivity index (χ3n) is 4.84. The molecule has 21 heavy (non-hydrogen) atoms. The van der Waals surface area contributed by atoms with Crippen LogP contribution in [0.4, 0.5) is 0 Å². The molecule has 1 N–H and O–H groups in total. The number of likely N-dealkylation sites (N-methyl/N-ethyl adjacent to an activating group) is 1. The quantitative estimate of drug-likeness (QED) is 0.796. The number of aryl methyl sites for hydroxylation is 1. The summed E-state index contributed by atoms with van der Waals surface area (Å²) in [5.41, 5.74) is 2.83. The summed E-state index contributed by atoms with van der Waals surface area (Å²) in [4.78, 5) is 7.24. The minimum atomic E-state index is 0.560. The topological polar surface area (TPSA) is 28.2 Å². The number of nitrogens with zero attached hydrogens (tertiary/aromatic N) is 2. The summed E-state index contributed by atoms with van der Waals surface area (Å²) in [6.45, 7) is 11.2. The standard InChI is InChI=1S/C18H31N3/c1-4-19-17(12-14-21(5-2)6-3)16-11-7-9-15-10-8-13-20-18(15)16/h8,10,13,16-17,19H,4-7,9,11-12,14H2,1-3H3. The number of hydrogen-bond donors (Lipinski definition) is 1. The molecule has 0 bridgehead atoms. The van der Waals surface area contributed by atoms with Crippen molar-refractivity contribution >= 4 is 0 Å². The van der Waals surface area contributed by atoms with E-state index in [-0.39, 0.29) is 0 Å². The van der Waals surface area contributed by atoms with Crippen LogP contribution in [0.2, 0.25) is 0 Å². The van der Waals surface area contributed by atoms with Gasteiger partial charge >= 0.3 is 0 Å².